The molecular weight excluding hydrogens is 726 g/mol. The normalized spacial score (nSPS) is 15.1. The van der Waals surface area contributed by atoms with Crippen LogP contribution < -0.4 is 36.4 Å². The Labute approximate surface area is 321 Å². The van der Waals surface area contributed by atoms with Crippen molar-refractivity contribution in [3.8, 4) is 0 Å². The summed E-state index contributed by atoms with van der Waals surface area (Å²) >= 11 is 0. The minimum Gasteiger partial charge on any atom is -0.445 e. The van der Waals surface area contributed by atoms with E-state index in [1.807, 2.05) is 0 Å². The summed E-state index contributed by atoms with van der Waals surface area (Å²) in [6.07, 6.45) is 2.61. The van der Waals surface area contributed by atoms with Crippen molar-refractivity contribution in [1.29, 1.82) is 0 Å². The second-order valence-corrected chi connectivity index (χ2v) is 13.5. The van der Waals surface area contributed by atoms with Gasteiger partial charge in [-0.2, -0.15) is 0 Å². The summed E-state index contributed by atoms with van der Waals surface area (Å²) in [5.41, 5.74) is 1.43. The van der Waals surface area contributed by atoms with Gasteiger partial charge in [-0.1, -0.05) is 42.5 Å². The van der Waals surface area contributed by atoms with Crippen LogP contribution in [0.4, 0.5) is 26.7 Å². The Morgan fingerprint density at radius 3 is 1.88 bits per heavy atom. The minimum atomic E-state index is -1.80. The maximum Gasteiger partial charge on any atom is 0.407 e. The molecule has 1 aliphatic heterocycles. The Morgan fingerprint density at radius 2 is 1.29 bits per heavy atom. The van der Waals surface area contributed by atoms with Gasteiger partial charge in [0, 0.05) is 30.7 Å². The van der Waals surface area contributed by atoms with Gasteiger partial charge in [-0.3, -0.25) is 33.8 Å². The standard InChI is InChI=1S/C39H41N7O10/c47-31(41-26-15-16-26)21-45-29-12-4-5-13-30(29)46(22-32(48)42-27-17-18-27)36(51)34(35(45)50)44-38(53)43-28-11-6-8-24(20-28)23-55-39(54)40-19-7-14-33(49)56-37(52)25-9-2-1-3-10-25/h1-6,8-13,20,26-27,34H,7,14-19,21-23H2,(H,40,54)(H,41,47)(H,42,48)(H2,43,44,53). The molecule has 3 aromatic rings. The molecule has 3 aliphatic rings. The first-order valence-corrected chi connectivity index (χ1v) is 18.2. The van der Waals surface area contributed by atoms with Crippen LogP contribution in [0.15, 0.2) is 78.9 Å². The summed E-state index contributed by atoms with van der Waals surface area (Å²) < 4.78 is 10.0. The van der Waals surface area contributed by atoms with Gasteiger partial charge in [0.2, 0.25) is 11.8 Å². The molecule has 0 bridgehead atoms. The molecule has 2 aliphatic carbocycles. The lowest BCUT2D eigenvalue weighted by Gasteiger charge is -2.24. The van der Waals surface area contributed by atoms with E-state index in [1.54, 1.807) is 60.7 Å². The third-order valence-electron chi connectivity index (χ3n) is 8.85. The fraction of sp³-hybridized carbons (Fsp3) is 0.333. The number of carbonyl (C=O) groups is 8. The van der Waals surface area contributed by atoms with E-state index in [0.29, 0.717) is 5.56 Å². The quantitative estimate of drug-likeness (QED) is 0.0864. The fourth-order valence-electron chi connectivity index (χ4n) is 5.76. The van der Waals surface area contributed by atoms with Gasteiger partial charge < -0.3 is 36.1 Å². The number of ether oxygens (including phenoxy) is 2. The molecule has 0 aromatic heterocycles. The highest BCUT2D eigenvalue weighted by atomic mass is 16.6. The Morgan fingerprint density at radius 1 is 0.696 bits per heavy atom. The molecule has 17 heteroatoms. The maximum atomic E-state index is 14.1. The molecule has 0 radical (unpaired) electrons. The van der Waals surface area contributed by atoms with Crippen molar-refractivity contribution < 1.29 is 47.8 Å². The van der Waals surface area contributed by atoms with Crippen LogP contribution in [-0.2, 0) is 40.1 Å². The van der Waals surface area contributed by atoms with Crippen molar-refractivity contribution in [2.45, 2.75) is 63.3 Å². The third-order valence-corrected chi connectivity index (χ3v) is 8.85. The number of nitrogens with one attached hydrogen (secondary N) is 5. The summed E-state index contributed by atoms with van der Waals surface area (Å²) in [6.45, 7) is -0.951. The SMILES string of the molecule is O=C(CN1C(=O)C(NC(=O)Nc2cccc(COC(=O)NCCCC(=O)OC(=O)c3ccccc3)c2)C(=O)N(CC(=O)NC2CC2)c2ccccc21)NC1CC1. The number of hydrogen-bond donors (Lipinski definition) is 5. The van der Waals surface area contributed by atoms with Gasteiger partial charge in [0.05, 0.1) is 16.9 Å². The molecule has 5 N–H and O–H groups in total. The Bertz CT molecular complexity index is 1930. The monoisotopic (exact) mass is 767 g/mol. The van der Waals surface area contributed by atoms with Gasteiger partial charge in [-0.15, -0.1) is 0 Å². The molecule has 0 saturated heterocycles. The molecule has 1 heterocycles. The van der Waals surface area contributed by atoms with Crippen LogP contribution >= 0.6 is 0 Å². The lowest BCUT2D eigenvalue weighted by Crippen LogP contribution is -2.58. The summed E-state index contributed by atoms with van der Waals surface area (Å²) in [7, 11) is 0. The number of para-hydroxylation sites is 2. The molecule has 56 heavy (non-hydrogen) atoms. The molecule has 2 saturated carbocycles. The van der Waals surface area contributed by atoms with Crippen LogP contribution in [0, 0.1) is 0 Å². The van der Waals surface area contributed by atoms with Gasteiger partial charge in [-0.05, 0) is 74.1 Å². The average Bonchev–Trinajstić information content (AvgIpc) is 4.14. The minimum absolute atomic E-state index is 0.0152. The first-order chi connectivity index (χ1) is 27.0. The highest BCUT2D eigenvalue weighted by Crippen LogP contribution is 2.33. The van der Waals surface area contributed by atoms with Crippen LogP contribution in [0.5, 0.6) is 0 Å². The van der Waals surface area contributed by atoms with Gasteiger partial charge in [0.25, 0.3) is 11.8 Å². The third kappa shape index (κ3) is 10.9. The first-order valence-electron chi connectivity index (χ1n) is 18.2. The lowest BCUT2D eigenvalue weighted by atomic mass is 10.2. The molecule has 3 aromatic carbocycles. The van der Waals surface area contributed by atoms with Gasteiger partial charge in [0.15, 0.2) is 6.04 Å². The molecule has 292 valence electrons. The maximum absolute atomic E-state index is 14.1. The molecule has 7 amide bonds. The molecule has 0 spiro atoms. The van der Waals surface area contributed by atoms with Crippen molar-refractivity contribution in [3.63, 3.8) is 0 Å². The Balaban J connectivity index is 1.03. The highest BCUT2D eigenvalue weighted by Gasteiger charge is 2.43. The van der Waals surface area contributed by atoms with E-state index >= 15 is 0 Å². The molecule has 2 fully saturated rings. The Hall–Kier alpha value is -6.78. The summed E-state index contributed by atoms with van der Waals surface area (Å²) in [4.78, 5) is 106. The highest BCUT2D eigenvalue weighted by molar-refractivity contribution is 6.23. The molecular formula is C39H41N7O10. The van der Waals surface area contributed by atoms with Crippen molar-refractivity contribution >= 4 is 64.8 Å². The van der Waals surface area contributed by atoms with Crippen molar-refractivity contribution in [2.24, 2.45) is 0 Å². The van der Waals surface area contributed by atoms with Crippen molar-refractivity contribution in [3.05, 3.63) is 90.0 Å². The van der Waals surface area contributed by atoms with E-state index in [-0.39, 0.29) is 60.7 Å². The fourth-order valence-corrected chi connectivity index (χ4v) is 5.76. The predicted octanol–water partition coefficient (Wildman–Crippen LogP) is 2.50. The van der Waals surface area contributed by atoms with Gasteiger partial charge in [0.1, 0.15) is 19.7 Å². The summed E-state index contributed by atoms with van der Waals surface area (Å²) in [6, 6.07) is 18.1. The summed E-state index contributed by atoms with van der Waals surface area (Å²) in [5.74, 6) is -4.09. The summed E-state index contributed by atoms with van der Waals surface area (Å²) in [5, 5.41) is 13.2. The van der Waals surface area contributed by atoms with Crippen LogP contribution in [0.25, 0.3) is 0 Å². The van der Waals surface area contributed by atoms with E-state index < -0.39 is 66.8 Å². The Kier molecular flexibility index (Phi) is 12.5. The molecule has 6 rings (SSSR count). The van der Waals surface area contributed by atoms with Crippen LogP contribution in [0.1, 0.15) is 54.4 Å². The second-order valence-electron chi connectivity index (χ2n) is 13.5. The van der Waals surface area contributed by atoms with E-state index in [0.717, 1.165) is 35.5 Å². The number of alkyl carbamates (subject to hydrolysis) is 1. The van der Waals surface area contributed by atoms with E-state index in [1.165, 1.54) is 18.2 Å². The van der Waals surface area contributed by atoms with E-state index in [2.05, 4.69) is 26.6 Å². The molecule has 0 unspecified atom stereocenters. The number of rotatable bonds is 15. The topological polar surface area (TPSA) is 222 Å². The van der Waals surface area contributed by atoms with Crippen molar-refractivity contribution in [2.75, 3.05) is 34.8 Å². The smallest absolute Gasteiger partial charge is 0.407 e. The number of urea groups is 1. The number of nitrogens with zero attached hydrogens (tertiary/aromatic N) is 2. The number of anilines is 3. The second kappa shape index (κ2) is 18.0. The predicted molar refractivity (Wildman–Crippen MR) is 200 cm³/mol. The average molecular weight is 768 g/mol. The van der Waals surface area contributed by atoms with Crippen molar-refractivity contribution in [1.82, 2.24) is 21.3 Å². The first kappa shape index (κ1) is 38.9. The van der Waals surface area contributed by atoms with Crippen LogP contribution in [-0.4, -0.2) is 85.5 Å². The zero-order valence-electron chi connectivity index (χ0n) is 30.3. The van der Waals surface area contributed by atoms with Gasteiger partial charge >= 0.3 is 24.1 Å². The number of benzene rings is 3. The van der Waals surface area contributed by atoms with E-state index in [9.17, 15) is 38.4 Å². The van der Waals surface area contributed by atoms with Gasteiger partial charge in [-0.25, -0.2) is 14.4 Å². The lowest BCUT2D eigenvalue weighted by molar-refractivity contribution is -0.138. The molecule has 0 atom stereocenters. The number of hydrogen-bond acceptors (Lipinski definition) is 10. The van der Waals surface area contributed by atoms with E-state index in [4.69, 9.17) is 9.47 Å². The number of esters is 2. The largest absolute Gasteiger partial charge is 0.445 e. The number of fused-ring (bicyclic) bond motifs is 1. The molecule has 17 nitrogen and oxygen atoms in total. The number of amides is 7. The zero-order chi connectivity index (χ0) is 39.6. The van der Waals surface area contributed by atoms with Crippen LogP contribution in [0.3, 0.4) is 0 Å². The number of carbonyl (C=O) groups excluding carboxylic acids is 8. The zero-order valence-corrected chi connectivity index (χ0v) is 30.3. The van der Waals surface area contributed by atoms with Crippen LogP contribution in [0.2, 0.25) is 0 Å².